The van der Waals surface area contributed by atoms with Crippen molar-refractivity contribution in [2.75, 3.05) is 0 Å². The lowest BCUT2D eigenvalue weighted by atomic mass is 9.67. The lowest BCUT2D eigenvalue weighted by molar-refractivity contribution is 0.179. The minimum absolute atomic E-state index is 0.746. The molecule has 0 bridgehead atoms. The van der Waals surface area contributed by atoms with Crippen LogP contribution in [-0.4, -0.2) is 0 Å². The van der Waals surface area contributed by atoms with Crippen LogP contribution in [0.3, 0.4) is 0 Å². The van der Waals surface area contributed by atoms with Crippen molar-refractivity contribution in [3.8, 4) is 0 Å². The zero-order chi connectivity index (χ0) is 20.3. The van der Waals surface area contributed by atoms with Gasteiger partial charge in [0, 0.05) is 0 Å². The molecule has 2 fully saturated rings. The molecule has 0 heteroatoms. The summed E-state index contributed by atoms with van der Waals surface area (Å²) >= 11 is 0. The zero-order valence-corrected chi connectivity index (χ0v) is 19.3. The number of hydrogen-bond donors (Lipinski definition) is 0. The van der Waals surface area contributed by atoms with E-state index in [2.05, 4.69) is 78.0 Å². The first-order valence-electron chi connectivity index (χ1n) is 12.1. The predicted molar refractivity (Wildman–Crippen MR) is 124 cm³/mol. The van der Waals surface area contributed by atoms with Crippen molar-refractivity contribution in [1.29, 1.82) is 0 Å². The van der Waals surface area contributed by atoms with Crippen molar-refractivity contribution in [2.24, 2.45) is 41.4 Å². The molecular formula is C28H44. The van der Waals surface area contributed by atoms with E-state index >= 15 is 0 Å². The number of allylic oxidation sites excluding steroid dienone is 1. The molecule has 2 saturated carbocycles. The Balaban J connectivity index is 1.77. The van der Waals surface area contributed by atoms with Crippen LogP contribution in [0.15, 0.2) is 30.3 Å². The highest BCUT2D eigenvalue weighted by atomic mass is 14.4. The average Bonchev–Trinajstić information content (AvgIpc) is 2.66. The van der Waals surface area contributed by atoms with Crippen LogP contribution in [0.4, 0.5) is 0 Å². The van der Waals surface area contributed by atoms with Gasteiger partial charge in [-0.1, -0.05) is 90.8 Å². The largest absolute Gasteiger partial charge is 0.0805 e. The lowest BCUT2D eigenvalue weighted by Gasteiger charge is -2.38. The Morgan fingerprint density at radius 1 is 0.821 bits per heavy atom. The topological polar surface area (TPSA) is 0 Å². The summed E-state index contributed by atoms with van der Waals surface area (Å²) in [6.45, 7) is 14.6. The van der Waals surface area contributed by atoms with Crippen molar-refractivity contribution in [1.82, 2.24) is 0 Å². The third-order valence-electron chi connectivity index (χ3n) is 7.97. The van der Waals surface area contributed by atoms with Crippen LogP contribution in [0.25, 0.3) is 6.08 Å². The van der Waals surface area contributed by atoms with E-state index in [0.717, 1.165) is 47.3 Å². The minimum atomic E-state index is 0.746. The summed E-state index contributed by atoms with van der Waals surface area (Å²) in [5.41, 5.74) is 3.00. The van der Waals surface area contributed by atoms with Gasteiger partial charge in [-0.25, -0.2) is 0 Å². The molecule has 0 aromatic heterocycles. The van der Waals surface area contributed by atoms with Crippen LogP contribution in [0.1, 0.15) is 97.1 Å². The summed E-state index contributed by atoms with van der Waals surface area (Å²) in [5.74, 6) is 6.54. The van der Waals surface area contributed by atoms with E-state index in [1.807, 2.05) is 0 Å². The van der Waals surface area contributed by atoms with Crippen LogP contribution < -0.4 is 0 Å². The molecule has 2 aliphatic rings. The molecule has 0 nitrogen and oxygen atoms in total. The monoisotopic (exact) mass is 380 g/mol. The third-order valence-corrected chi connectivity index (χ3v) is 7.97. The van der Waals surface area contributed by atoms with Crippen molar-refractivity contribution in [3.05, 3.63) is 41.5 Å². The van der Waals surface area contributed by atoms with Crippen molar-refractivity contribution >= 4 is 6.08 Å². The fourth-order valence-electron chi connectivity index (χ4n) is 6.21. The number of rotatable bonds is 5. The maximum Gasteiger partial charge on any atom is -0.0128 e. The maximum absolute atomic E-state index is 2.56. The molecule has 3 rings (SSSR count). The van der Waals surface area contributed by atoms with E-state index in [1.54, 1.807) is 5.56 Å². The molecule has 0 spiro atoms. The van der Waals surface area contributed by atoms with Gasteiger partial charge >= 0.3 is 0 Å². The van der Waals surface area contributed by atoms with Crippen LogP contribution in [-0.2, 0) is 0 Å². The normalized spacial score (nSPS) is 34.4. The fourth-order valence-corrected chi connectivity index (χ4v) is 6.21. The minimum Gasteiger partial charge on any atom is -0.0805 e. The van der Waals surface area contributed by atoms with Gasteiger partial charge < -0.3 is 0 Å². The van der Waals surface area contributed by atoms with Crippen LogP contribution in [0.5, 0.6) is 0 Å². The van der Waals surface area contributed by atoms with Crippen molar-refractivity contribution in [3.63, 3.8) is 0 Å². The first kappa shape index (κ1) is 21.7. The molecule has 0 N–H and O–H groups in total. The van der Waals surface area contributed by atoms with Gasteiger partial charge in [0.05, 0.1) is 0 Å². The summed E-state index contributed by atoms with van der Waals surface area (Å²) in [6, 6.07) is 9.52. The van der Waals surface area contributed by atoms with E-state index in [1.165, 1.54) is 44.1 Å². The smallest absolute Gasteiger partial charge is 0.0128 e. The molecule has 28 heavy (non-hydrogen) atoms. The second kappa shape index (κ2) is 9.64. The molecule has 6 unspecified atom stereocenters. The molecule has 0 radical (unpaired) electrons. The van der Waals surface area contributed by atoms with E-state index < -0.39 is 0 Å². The first-order valence-corrected chi connectivity index (χ1v) is 12.1. The van der Waals surface area contributed by atoms with Crippen LogP contribution >= 0.6 is 0 Å². The molecular weight excluding hydrogens is 336 g/mol. The lowest BCUT2D eigenvalue weighted by Crippen LogP contribution is -2.26. The van der Waals surface area contributed by atoms with E-state index in [0.29, 0.717) is 0 Å². The molecule has 0 aliphatic heterocycles. The quantitative estimate of drug-likeness (QED) is 0.479. The molecule has 2 aliphatic carbocycles. The Morgan fingerprint density at radius 3 is 2.14 bits per heavy atom. The predicted octanol–water partition coefficient (Wildman–Crippen LogP) is 8.58. The zero-order valence-electron chi connectivity index (χ0n) is 19.3. The molecule has 0 heterocycles. The third kappa shape index (κ3) is 5.31. The SMILES string of the molecule is CC1CCC(C(C)C)C(C=Cc2cccc(C3CC(C)CCC3C(C)C)c2)C1. The highest BCUT2D eigenvalue weighted by molar-refractivity contribution is 5.51. The van der Waals surface area contributed by atoms with Gasteiger partial charge in [-0.15, -0.1) is 0 Å². The molecule has 1 aromatic rings. The first-order chi connectivity index (χ1) is 13.3. The molecule has 0 saturated heterocycles. The Labute approximate surface area is 175 Å². The maximum atomic E-state index is 2.56. The van der Waals surface area contributed by atoms with Gasteiger partial charge in [0.25, 0.3) is 0 Å². The van der Waals surface area contributed by atoms with Crippen LogP contribution in [0.2, 0.25) is 0 Å². The van der Waals surface area contributed by atoms with Crippen molar-refractivity contribution < 1.29 is 0 Å². The summed E-state index contributed by atoms with van der Waals surface area (Å²) in [4.78, 5) is 0. The Kier molecular flexibility index (Phi) is 7.46. The Morgan fingerprint density at radius 2 is 1.46 bits per heavy atom. The summed E-state index contributed by atoms with van der Waals surface area (Å²) < 4.78 is 0. The van der Waals surface area contributed by atoms with Gasteiger partial charge in [-0.3, -0.25) is 0 Å². The van der Waals surface area contributed by atoms with Gasteiger partial charge in [-0.05, 0) is 84.2 Å². The van der Waals surface area contributed by atoms with E-state index in [9.17, 15) is 0 Å². The van der Waals surface area contributed by atoms with Gasteiger partial charge in [-0.2, -0.15) is 0 Å². The van der Waals surface area contributed by atoms with Gasteiger partial charge in [0.1, 0.15) is 0 Å². The summed E-state index contributed by atoms with van der Waals surface area (Å²) in [5, 5.41) is 0. The molecule has 1 aromatic carbocycles. The van der Waals surface area contributed by atoms with Gasteiger partial charge in [0.15, 0.2) is 0 Å². The number of hydrogen-bond acceptors (Lipinski definition) is 0. The molecule has 0 amide bonds. The highest BCUT2D eigenvalue weighted by Gasteiger charge is 2.32. The highest BCUT2D eigenvalue weighted by Crippen LogP contribution is 2.44. The summed E-state index contributed by atoms with van der Waals surface area (Å²) in [7, 11) is 0. The average molecular weight is 381 g/mol. The molecule has 156 valence electrons. The van der Waals surface area contributed by atoms with E-state index in [-0.39, 0.29) is 0 Å². The number of benzene rings is 1. The summed E-state index contributed by atoms with van der Waals surface area (Å²) in [6.07, 6.45) is 13.4. The molecule has 6 atom stereocenters. The van der Waals surface area contributed by atoms with E-state index in [4.69, 9.17) is 0 Å². The second-order valence-corrected chi connectivity index (χ2v) is 11.0. The Hall–Kier alpha value is -1.04. The van der Waals surface area contributed by atoms with Crippen LogP contribution in [0, 0.1) is 41.4 Å². The standard InChI is InChI=1S/C28H44/c1-19(2)26-14-10-21(5)16-25(26)13-12-23-8-7-9-24(18-23)28-17-22(6)11-15-27(28)20(3)4/h7-9,12-13,18-22,25-28H,10-11,14-17H2,1-6H3. The second-order valence-electron chi connectivity index (χ2n) is 11.0. The van der Waals surface area contributed by atoms with Gasteiger partial charge in [0.2, 0.25) is 0 Å². The Bertz CT molecular complexity index is 637. The fraction of sp³-hybridized carbons (Fsp3) is 0.714. The van der Waals surface area contributed by atoms with Crippen molar-refractivity contribution in [2.45, 2.75) is 86.0 Å².